The molecular weight excluding hydrogens is 258 g/mol. The molecule has 1 fully saturated rings. The summed E-state index contributed by atoms with van der Waals surface area (Å²) in [6, 6.07) is 0.415. The zero-order valence-electron chi connectivity index (χ0n) is 12.0. The predicted molar refractivity (Wildman–Crippen MR) is 80.0 cm³/mol. The Hall–Kier alpha value is -0.350. The number of nitrogens with one attached hydrogen (secondary N) is 1. The summed E-state index contributed by atoms with van der Waals surface area (Å²) in [5, 5.41) is 3.63. The predicted octanol–water partition coefficient (Wildman–Crippen LogP) is 2.68. The van der Waals surface area contributed by atoms with Crippen LogP contribution in [-0.2, 0) is 9.84 Å². The van der Waals surface area contributed by atoms with Crippen molar-refractivity contribution in [2.24, 2.45) is 5.92 Å². The Morgan fingerprint density at radius 3 is 2.84 bits per heavy atom. The quantitative estimate of drug-likeness (QED) is 0.763. The Bertz CT molecular complexity index is 414. The fourth-order valence-corrected chi connectivity index (χ4v) is 5.14. The summed E-state index contributed by atoms with van der Waals surface area (Å²) in [6.45, 7) is 3.21. The van der Waals surface area contributed by atoms with Crippen LogP contribution in [0, 0.1) is 5.92 Å². The molecule has 0 spiro atoms. The molecule has 0 amide bonds. The Morgan fingerprint density at radius 2 is 2.26 bits per heavy atom. The first-order valence-electron chi connectivity index (χ1n) is 7.73. The SMILES string of the molecule is CCCNC(CC1CCS(=O)(=O)C1)C1=CCCCC1. The topological polar surface area (TPSA) is 46.2 Å². The fraction of sp³-hybridized carbons (Fsp3) is 0.867. The van der Waals surface area contributed by atoms with Gasteiger partial charge in [0.1, 0.15) is 0 Å². The molecular formula is C15H27NO2S. The van der Waals surface area contributed by atoms with Crippen LogP contribution in [0.2, 0.25) is 0 Å². The van der Waals surface area contributed by atoms with Gasteiger partial charge in [-0.3, -0.25) is 0 Å². The van der Waals surface area contributed by atoms with Crippen LogP contribution in [0.25, 0.3) is 0 Å². The molecule has 2 rings (SSSR count). The molecule has 0 aromatic heterocycles. The lowest BCUT2D eigenvalue weighted by Crippen LogP contribution is -2.34. The highest BCUT2D eigenvalue weighted by Crippen LogP contribution is 2.28. The summed E-state index contributed by atoms with van der Waals surface area (Å²) in [7, 11) is -2.74. The third-order valence-corrected chi connectivity index (χ3v) is 6.15. The monoisotopic (exact) mass is 285 g/mol. The second-order valence-electron chi connectivity index (χ2n) is 6.04. The molecule has 0 saturated carbocycles. The maximum atomic E-state index is 11.6. The van der Waals surface area contributed by atoms with Crippen LogP contribution >= 0.6 is 0 Å². The van der Waals surface area contributed by atoms with E-state index in [4.69, 9.17) is 0 Å². The molecule has 110 valence electrons. The van der Waals surface area contributed by atoms with E-state index >= 15 is 0 Å². The molecule has 0 aromatic carbocycles. The van der Waals surface area contributed by atoms with Gasteiger partial charge in [-0.2, -0.15) is 0 Å². The van der Waals surface area contributed by atoms with Gasteiger partial charge < -0.3 is 5.32 Å². The first-order valence-corrected chi connectivity index (χ1v) is 9.55. The Labute approximate surface area is 117 Å². The minimum absolute atomic E-state index is 0.363. The van der Waals surface area contributed by atoms with Crippen molar-refractivity contribution in [2.75, 3.05) is 18.1 Å². The second-order valence-corrected chi connectivity index (χ2v) is 8.27. The van der Waals surface area contributed by atoms with Gasteiger partial charge >= 0.3 is 0 Å². The Morgan fingerprint density at radius 1 is 1.42 bits per heavy atom. The van der Waals surface area contributed by atoms with Crippen LogP contribution in [0.5, 0.6) is 0 Å². The molecule has 2 atom stereocenters. The lowest BCUT2D eigenvalue weighted by atomic mass is 9.88. The van der Waals surface area contributed by atoms with Crippen LogP contribution in [0.4, 0.5) is 0 Å². The van der Waals surface area contributed by atoms with Crippen molar-refractivity contribution in [2.45, 2.75) is 57.9 Å². The lowest BCUT2D eigenvalue weighted by Gasteiger charge is -2.26. The molecule has 1 aliphatic carbocycles. The van der Waals surface area contributed by atoms with Crippen molar-refractivity contribution in [3.8, 4) is 0 Å². The summed E-state index contributed by atoms with van der Waals surface area (Å²) in [5.41, 5.74) is 1.53. The van der Waals surface area contributed by atoms with Crippen LogP contribution in [0.15, 0.2) is 11.6 Å². The molecule has 2 unspecified atom stereocenters. The second kappa shape index (κ2) is 6.89. The van der Waals surface area contributed by atoms with Gasteiger partial charge in [-0.15, -0.1) is 0 Å². The van der Waals surface area contributed by atoms with Crippen LogP contribution in [0.3, 0.4) is 0 Å². The first kappa shape index (κ1) is 15.0. The van der Waals surface area contributed by atoms with Crippen LogP contribution < -0.4 is 5.32 Å². The molecule has 0 radical (unpaired) electrons. The van der Waals surface area contributed by atoms with E-state index in [2.05, 4.69) is 18.3 Å². The Balaban J connectivity index is 1.95. The summed E-state index contributed by atoms with van der Waals surface area (Å²) in [4.78, 5) is 0. The molecule has 1 aliphatic heterocycles. The highest BCUT2D eigenvalue weighted by Gasteiger charge is 2.30. The average Bonchev–Trinajstić information content (AvgIpc) is 2.75. The van der Waals surface area contributed by atoms with Gasteiger partial charge in [0.2, 0.25) is 0 Å². The molecule has 3 nitrogen and oxygen atoms in total. The summed E-state index contributed by atoms with van der Waals surface area (Å²) < 4.78 is 23.2. The number of hydrogen-bond donors (Lipinski definition) is 1. The molecule has 4 heteroatoms. The van der Waals surface area contributed by atoms with Crippen molar-refractivity contribution >= 4 is 9.84 Å². The van der Waals surface area contributed by atoms with Crippen molar-refractivity contribution in [1.29, 1.82) is 0 Å². The van der Waals surface area contributed by atoms with Gasteiger partial charge in [0.15, 0.2) is 9.84 Å². The minimum Gasteiger partial charge on any atom is -0.310 e. The first-order chi connectivity index (χ1) is 9.11. The maximum Gasteiger partial charge on any atom is 0.150 e. The summed E-state index contributed by atoms with van der Waals surface area (Å²) in [5.74, 6) is 1.17. The van der Waals surface area contributed by atoms with E-state index < -0.39 is 9.84 Å². The van der Waals surface area contributed by atoms with Crippen molar-refractivity contribution < 1.29 is 8.42 Å². The van der Waals surface area contributed by atoms with Gasteiger partial charge in [0, 0.05) is 6.04 Å². The third-order valence-electron chi connectivity index (χ3n) is 4.31. The fourth-order valence-electron chi connectivity index (χ4n) is 3.26. The molecule has 1 N–H and O–H groups in total. The number of hydrogen-bond acceptors (Lipinski definition) is 3. The number of rotatable bonds is 6. The third kappa shape index (κ3) is 4.60. The lowest BCUT2D eigenvalue weighted by molar-refractivity contribution is 0.425. The number of allylic oxidation sites excluding steroid dienone is 1. The van der Waals surface area contributed by atoms with E-state index in [-0.39, 0.29) is 0 Å². The largest absolute Gasteiger partial charge is 0.310 e. The van der Waals surface area contributed by atoms with Crippen molar-refractivity contribution in [3.05, 3.63) is 11.6 Å². The van der Waals surface area contributed by atoms with Gasteiger partial charge in [-0.05, 0) is 57.4 Å². The van der Waals surface area contributed by atoms with Crippen LogP contribution in [-0.4, -0.2) is 32.5 Å². The zero-order valence-corrected chi connectivity index (χ0v) is 12.8. The highest BCUT2D eigenvalue weighted by atomic mass is 32.2. The van der Waals surface area contributed by atoms with E-state index in [0.29, 0.717) is 23.5 Å². The minimum atomic E-state index is -2.74. The van der Waals surface area contributed by atoms with Gasteiger partial charge in [-0.1, -0.05) is 18.6 Å². The van der Waals surface area contributed by atoms with E-state index in [0.717, 1.165) is 25.8 Å². The van der Waals surface area contributed by atoms with Crippen LogP contribution in [0.1, 0.15) is 51.9 Å². The smallest absolute Gasteiger partial charge is 0.150 e. The number of sulfone groups is 1. The highest BCUT2D eigenvalue weighted by molar-refractivity contribution is 7.91. The standard InChI is InChI=1S/C15H27NO2S/c1-2-9-16-15(14-6-4-3-5-7-14)11-13-8-10-19(17,18)12-13/h6,13,15-16H,2-5,7-12H2,1H3. The van der Waals surface area contributed by atoms with Gasteiger partial charge in [0.05, 0.1) is 11.5 Å². The van der Waals surface area contributed by atoms with E-state index in [1.54, 1.807) is 0 Å². The van der Waals surface area contributed by atoms with E-state index in [1.165, 1.54) is 31.3 Å². The van der Waals surface area contributed by atoms with Crippen molar-refractivity contribution in [3.63, 3.8) is 0 Å². The summed E-state index contributed by atoms with van der Waals surface area (Å²) in [6.07, 6.45) is 10.4. The molecule has 0 aromatic rings. The van der Waals surface area contributed by atoms with Gasteiger partial charge in [-0.25, -0.2) is 8.42 Å². The van der Waals surface area contributed by atoms with Crippen molar-refractivity contribution in [1.82, 2.24) is 5.32 Å². The normalized spacial score (nSPS) is 28.1. The average molecular weight is 285 g/mol. The zero-order chi connectivity index (χ0) is 13.7. The van der Waals surface area contributed by atoms with E-state index in [9.17, 15) is 8.42 Å². The molecule has 1 saturated heterocycles. The molecule has 1 heterocycles. The summed E-state index contributed by atoms with van der Waals surface area (Å²) >= 11 is 0. The van der Waals surface area contributed by atoms with Gasteiger partial charge in [0.25, 0.3) is 0 Å². The van der Waals surface area contributed by atoms with E-state index in [1.807, 2.05) is 0 Å². The Kier molecular flexibility index (Phi) is 5.46. The molecule has 19 heavy (non-hydrogen) atoms. The maximum absolute atomic E-state index is 11.6. The molecule has 0 bridgehead atoms. The molecule has 2 aliphatic rings.